The van der Waals surface area contributed by atoms with Gasteiger partial charge in [0.2, 0.25) is 11.8 Å². The summed E-state index contributed by atoms with van der Waals surface area (Å²) in [5.74, 6) is 0.439. The number of ether oxygens (including phenoxy) is 2. The predicted molar refractivity (Wildman–Crippen MR) is 107 cm³/mol. The van der Waals surface area contributed by atoms with Gasteiger partial charge in [0.05, 0.1) is 35.1 Å². The molecule has 0 aliphatic heterocycles. The topological polar surface area (TPSA) is 102 Å². The van der Waals surface area contributed by atoms with Crippen LogP contribution in [0.2, 0.25) is 0 Å². The molecule has 0 amide bonds. The number of aromatic nitrogens is 4. The van der Waals surface area contributed by atoms with E-state index in [9.17, 15) is 4.79 Å². The molecule has 0 aliphatic rings. The van der Waals surface area contributed by atoms with Crippen molar-refractivity contribution in [2.75, 3.05) is 12.4 Å². The number of carbonyl (C=O) groups excluding carboxylic acids is 1. The molecule has 0 spiro atoms. The lowest BCUT2D eigenvalue weighted by molar-refractivity contribution is 0.0598. The van der Waals surface area contributed by atoms with Crippen LogP contribution < -0.4 is 10.1 Å². The number of anilines is 2. The van der Waals surface area contributed by atoms with Gasteiger partial charge in [-0.1, -0.05) is 12.1 Å². The molecule has 2 aromatic heterocycles. The van der Waals surface area contributed by atoms with Crippen LogP contribution in [0.4, 0.5) is 11.6 Å². The molecule has 4 aromatic rings. The molecule has 2 N–H and O–H groups in total. The van der Waals surface area contributed by atoms with Gasteiger partial charge in [-0.15, -0.1) is 0 Å². The summed E-state index contributed by atoms with van der Waals surface area (Å²) in [6.07, 6.45) is 3.20. The summed E-state index contributed by atoms with van der Waals surface area (Å²) in [7, 11) is 1.32. The molecule has 2 heterocycles. The SMILES string of the molecule is COC(=O)c1ccccc1Oc1nc(Nc2ccc3nc[nH]c3c2)ncc1Br. The highest BCUT2D eigenvalue weighted by atomic mass is 79.9. The minimum absolute atomic E-state index is 0.261. The molecular weight excluding hydrogens is 426 g/mol. The van der Waals surface area contributed by atoms with Gasteiger partial charge in [0, 0.05) is 5.69 Å². The van der Waals surface area contributed by atoms with Gasteiger partial charge in [-0.25, -0.2) is 14.8 Å². The Kier molecular flexibility index (Phi) is 4.90. The number of rotatable bonds is 5. The maximum absolute atomic E-state index is 11.9. The summed E-state index contributed by atoms with van der Waals surface area (Å²) < 4.78 is 11.2. The number of carbonyl (C=O) groups is 1. The summed E-state index contributed by atoms with van der Waals surface area (Å²) in [6, 6.07) is 12.4. The van der Waals surface area contributed by atoms with Crippen LogP contribution in [-0.4, -0.2) is 33.0 Å². The predicted octanol–water partition coefficient (Wildman–Crippen LogP) is 4.44. The first-order valence-electron chi connectivity index (χ1n) is 8.22. The summed E-state index contributed by atoms with van der Waals surface area (Å²) in [5.41, 5.74) is 2.85. The molecule has 0 radical (unpaired) electrons. The van der Waals surface area contributed by atoms with Crippen LogP contribution >= 0.6 is 15.9 Å². The first-order valence-corrected chi connectivity index (χ1v) is 9.01. The highest BCUT2D eigenvalue weighted by Crippen LogP contribution is 2.31. The van der Waals surface area contributed by atoms with Crippen molar-refractivity contribution in [1.82, 2.24) is 19.9 Å². The standard InChI is InChI=1S/C19H14BrN5O3/c1-27-18(26)12-4-2-3-5-16(12)28-17-13(20)9-21-19(25-17)24-11-6-7-14-15(8-11)23-10-22-14/h2-10H,1H3,(H,22,23)(H,21,24,25). The van der Waals surface area contributed by atoms with Gasteiger partial charge in [0.1, 0.15) is 11.3 Å². The third kappa shape index (κ3) is 3.65. The number of nitrogens with one attached hydrogen (secondary N) is 2. The highest BCUT2D eigenvalue weighted by Gasteiger charge is 2.15. The van der Waals surface area contributed by atoms with Crippen LogP contribution in [0.1, 0.15) is 10.4 Å². The third-order valence-electron chi connectivity index (χ3n) is 3.89. The van der Waals surface area contributed by atoms with E-state index in [2.05, 4.69) is 41.2 Å². The monoisotopic (exact) mass is 439 g/mol. The van der Waals surface area contributed by atoms with Crippen molar-refractivity contribution in [3.63, 3.8) is 0 Å². The number of methoxy groups -OCH3 is 1. The van der Waals surface area contributed by atoms with Gasteiger partial charge in [-0.2, -0.15) is 4.98 Å². The molecule has 140 valence electrons. The molecule has 0 atom stereocenters. The van der Waals surface area contributed by atoms with E-state index in [4.69, 9.17) is 9.47 Å². The maximum Gasteiger partial charge on any atom is 0.341 e. The van der Waals surface area contributed by atoms with E-state index in [1.807, 2.05) is 18.2 Å². The minimum Gasteiger partial charge on any atom is -0.465 e. The molecular formula is C19H14BrN5O3. The van der Waals surface area contributed by atoms with Crippen molar-refractivity contribution < 1.29 is 14.3 Å². The average molecular weight is 440 g/mol. The Morgan fingerprint density at radius 1 is 1.18 bits per heavy atom. The molecule has 0 unspecified atom stereocenters. The number of hydrogen-bond acceptors (Lipinski definition) is 7. The highest BCUT2D eigenvalue weighted by molar-refractivity contribution is 9.10. The van der Waals surface area contributed by atoms with Crippen LogP contribution in [0.15, 0.2) is 59.5 Å². The Hall–Kier alpha value is -3.46. The number of fused-ring (bicyclic) bond motifs is 1. The molecule has 0 saturated heterocycles. The normalized spacial score (nSPS) is 10.6. The summed E-state index contributed by atoms with van der Waals surface area (Å²) in [6.45, 7) is 0. The Morgan fingerprint density at radius 3 is 2.89 bits per heavy atom. The smallest absolute Gasteiger partial charge is 0.341 e. The molecule has 9 heteroatoms. The van der Waals surface area contributed by atoms with E-state index in [1.54, 1.807) is 36.8 Å². The zero-order valence-electron chi connectivity index (χ0n) is 14.6. The largest absolute Gasteiger partial charge is 0.465 e. The zero-order chi connectivity index (χ0) is 19.5. The van der Waals surface area contributed by atoms with E-state index in [-0.39, 0.29) is 5.88 Å². The number of para-hydroxylation sites is 1. The van der Waals surface area contributed by atoms with Gasteiger partial charge in [-0.05, 0) is 46.3 Å². The number of aromatic amines is 1. The van der Waals surface area contributed by atoms with E-state index >= 15 is 0 Å². The van der Waals surface area contributed by atoms with Crippen molar-refractivity contribution in [3.05, 3.63) is 65.0 Å². The Balaban J connectivity index is 1.62. The number of nitrogens with zero attached hydrogens (tertiary/aromatic N) is 3. The minimum atomic E-state index is -0.494. The number of halogens is 1. The van der Waals surface area contributed by atoms with Crippen LogP contribution in [0.5, 0.6) is 11.6 Å². The van der Waals surface area contributed by atoms with Crippen molar-refractivity contribution >= 4 is 44.6 Å². The average Bonchev–Trinajstić information content (AvgIpc) is 3.18. The maximum atomic E-state index is 11.9. The van der Waals surface area contributed by atoms with Crippen molar-refractivity contribution in [2.45, 2.75) is 0 Å². The van der Waals surface area contributed by atoms with Crippen LogP contribution in [-0.2, 0) is 4.74 Å². The molecule has 28 heavy (non-hydrogen) atoms. The molecule has 0 saturated carbocycles. The number of H-pyrrole nitrogens is 1. The van der Waals surface area contributed by atoms with Crippen LogP contribution in [0.25, 0.3) is 11.0 Å². The van der Waals surface area contributed by atoms with Crippen molar-refractivity contribution in [2.24, 2.45) is 0 Å². The van der Waals surface area contributed by atoms with Crippen LogP contribution in [0.3, 0.4) is 0 Å². The summed E-state index contributed by atoms with van der Waals surface area (Å²) in [4.78, 5) is 27.8. The van der Waals surface area contributed by atoms with E-state index in [1.165, 1.54) is 7.11 Å². The molecule has 4 rings (SSSR count). The quantitative estimate of drug-likeness (QED) is 0.443. The van der Waals surface area contributed by atoms with E-state index < -0.39 is 5.97 Å². The molecule has 2 aromatic carbocycles. The second-order valence-electron chi connectivity index (χ2n) is 5.70. The lowest BCUT2D eigenvalue weighted by atomic mass is 10.2. The lowest BCUT2D eigenvalue weighted by Crippen LogP contribution is -2.05. The number of hydrogen-bond donors (Lipinski definition) is 2. The lowest BCUT2D eigenvalue weighted by Gasteiger charge is -2.11. The van der Waals surface area contributed by atoms with Crippen LogP contribution in [0, 0.1) is 0 Å². The number of imidazole rings is 1. The van der Waals surface area contributed by atoms with Crippen molar-refractivity contribution in [3.8, 4) is 11.6 Å². The fourth-order valence-corrected chi connectivity index (χ4v) is 2.84. The molecule has 0 fully saturated rings. The first-order chi connectivity index (χ1) is 13.6. The number of esters is 1. The number of benzene rings is 2. The van der Waals surface area contributed by atoms with E-state index in [0.29, 0.717) is 21.7 Å². The first kappa shape index (κ1) is 17.9. The van der Waals surface area contributed by atoms with E-state index in [0.717, 1.165) is 16.7 Å². The molecule has 0 bridgehead atoms. The fraction of sp³-hybridized carbons (Fsp3) is 0.0526. The zero-order valence-corrected chi connectivity index (χ0v) is 16.2. The fourth-order valence-electron chi connectivity index (χ4n) is 2.56. The van der Waals surface area contributed by atoms with Gasteiger partial charge >= 0.3 is 5.97 Å². The van der Waals surface area contributed by atoms with Gasteiger partial charge in [0.15, 0.2) is 0 Å². The Labute approximate surface area is 168 Å². The third-order valence-corrected chi connectivity index (χ3v) is 4.43. The second-order valence-corrected chi connectivity index (χ2v) is 6.55. The Bertz CT molecular complexity index is 1160. The Morgan fingerprint density at radius 2 is 2.04 bits per heavy atom. The molecule has 8 nitrogen and oxygen atoms in total. The second kappa shape index (κ2) is 7.65. The van der Waals surface area contributed by atoms with Gasteiger partial charge < -0.3 is 19.8 Å². The van der Waals surface area contributed by atoms with Crippen molar-refractivity contribution in [1.29, 1.82) is 0 Å². The van der Waals surface area contributed by atoms with Gasteiger partial charge in [0.25, 0.3) is 0 Å². The van der Waals surface area contributed by atoms with Gasteiger partial charge in [-0.3, -0.25) is 0 Å². The molecule has 0 aliphatic carbocycles. The summed E-state index contributed by atoms with van der Waals surface area (Å²) >= 11 is 3.37. The summed E-state index contributed by atoms with van der Waals surface area (Å²) in [5, 5.41) is 3.13.